The first-order valence-corrected chi connectivity index (χ1v) is 10.4. The number of carbonyl (C=O) groups is 2. The molecule has 1 spiro atoms. The van der Waals surface area contributed by atoms with E-state index in [2.05, 4.69) is 51.3 Å². The first-order chi connectivity index (χ1) is 13.6. The van der Waals surface area contributed by atoms with Gasteiger partial charge < -0.3 is 15.1 Å². The summed E-state index contributed by atoms with van der Waals surface area (Å²) in [5.41, 5.74) is 0.652. The minimum absolute atomic E-state index is 0.0286. The molecule has 1 aromatic carbocycles. The van der Waals surface area contributed by atoms with E-state index in [0.717, 1.165) is 52.2 Å². The molecule has 4 rings (SSSR count). The van der Waals surface area contributed by atoms with Gasteiger partial charge in [-0.25, -0.2) is 9.69 Å². The quantitative estimate of drug-likeness (QED) is 0.761. The number of imide groups is 1. The average molecular weight is 386 g/mol. The van der Waals surface area contributed by atoms with Gasteiger partial charge in [0, 0.05) is 45.8 Å². The Morgan fingerprint density at radius 1 is 0.929 bits per heavy atom. The van der Waals surface area contributed by atoms with Gasteiger partial charge in [0.05, 0.1) is 6.67 Å². The van der Waals surface area contributed by atoms with Gasteiger partial charge in [-0.15, -0.1) is 0 Å². The number of urea groups is 1. The summed E-state index contributed by atoms with van der Waals surface area (Å²) in [5.74, 6) is -0.0286. The molecule has 3 saturated heterocycles. The zero-order valence-electron chi connectivity index (χ0n) is 16.8. The van der Waals surface area contributed by atoms with Gasteiger partial charge in [-0.1, -0.05) is 30.3 Å². The number of rotatable bonds is 5. The predicted molar refractivity (Wildman–Crippen MR) is 108 cm³/mol. The Labute approximate surface area is 167 Å². The van der Waals surface area contributed by atoms with Crippen LogP contribution in [0.2, 0.25) is 0 Å². The summed E-state index contributed by atoms with van der Waals surface area (Å²) in [7, 11) is 2.10. The van der Waals surface area contributed by atoms with E-state index in [1.807, 2.05) is 6.07 Å². The topological polar surface area (TPSA) is 59.1 Å². The van der Waals surface area contributed by atoms with Crippen LogP contribution in [0.1, 0.15) is 18.4 Å². The van der Waals surface area contributed by atoms with Gasteiger partial charge in [0.2, 0.25) is 0 Å². The number of nitrogens with zero attached hydrogens (tertiary/aromatic N) is 4. The molecule has 0 bridgehead atoms. The van der Waals surface area contributed by atoms with E-state index in [-0.39, 0.29) is 11.9 Å². The zero-order valence-corrected chi connectivity index (χ0v) is 16.8. The van der Waals surface area contributed by atoms with Crippen LogP contribution in [0, 0.1) is 0 Å². The monoisotopic (exact) mass is 385 g/mol. The Hall–Kier alpha value is -1.96. The van der Waals surface area contributed by atoms with Crippen LogP contribution < -0.4 is 5.32 Å². The minimum Gasteiger partial charge on any atom is -0.323 e. The maximum absolute atomic E-state index is 13.1. The summed E-state index contributed by atoms with van der Waals surface area (Å²) < 4.78 is 0. The Bertz CT molecular complexity index is 694. The first kappa shape index (κ1) is 19.4. The van der Waals surface area contributed by atoms with Crippen molar-refractivity contribution in [2.75, 3.05) is 59.5 Å². The van der Waals surface area contributed by atoms with Crippen molar-refractivity contribution in [3.8, 4) is 0 Å². The molecule has 0 atom stereocenters. The number of piperidine rings is 1. The lowest BCUT2D eigenvalue weighted by Crippen LogP contribution is -2.55. The van der Waals surface area contributed by atoms with Crippen molar-refractivity contribution in [1.29, 1.82) is 0 Å². The maximum Gasteiger partial charge on any atom is 0.326 e. The van der Waals surface area contributed by atoms with E-state index in [1.54, 1.807) is 0 Å². The summed E-state index contributed by atoms with van der Waals surface area (Å²) >= 11 is 0. The molecule has 0 saturated carbocycles. The van der Waals surface area contributed by atoms with Crippen LogP contribution in [0.5, 0.6) is 0 Å². The smallest absolute Gasteiger partial charge is 0.323 e. The largest absolute Gasteiger partial charge is 0.326 e. The number of piperazine rings is 1. The molecular formula is C21H31N5O2. The molecule has 0 aromatic heterocycles. The molecule has 0 radical (unpaired) electrons. The highest BCUT2D eigenvalue weighted by molar-refractivity contribution is 6.07. The molecule has 28 heavy (non-hydrogen) atoms. The van der Waals surface area contributed by atoms with E-state index < -0.39 is 5.54 Å². The van der Waals surface area contributed by atoms with E-state index in [1.165, 1.54) is 10.5 Å². The third kappa shape index (κ3) is 4.06. The molecule has 3 amide bonds. The van der Waals surface area contributed by atoms with Crippen molar-refractivity contribution >= 4 is 11.9 Å². The van der Waals surface area contributed by atoms with Gasteiger partial charge in [-0.3, -0.25) is 9.69 Å². The summed E-state index contributed by atoms with van der Waals surface area (Å²) in [6.45, 7) is 6.85. The standard InChI is InChI=1S/C21H31N5O2/c1-23-13-15-25(16-14-23)17-26-19(27)21(22-20(26)28)8-11-24(12-9-21)10-7-18-5-3-2-4-6-18/h2-6H,7-17H2,1H3,(H,22,28). The normalized spacial score (nSPS) is 24.1. The summed E-state index contributed by atoms with van der Waals surface area (Å²) in [4.78, 5) is 33.9. The van der Waals surface area contributed by atoms with Crippen molar-refractivity contribution in [3.63, 3.8) is 0 Å². The summed E-state index contributed by atoms with van der Waals surface area (Å²) in [5, 5.41) is 3.04. The maximum atomic E-state index is 13.1. The summed E-state index contributed by atoms with van der Waals surface area (Å²) in [6, 6.07) is 10.3. The number of benzene rings is 1. The fraction of sp³-hybridized carbons (Fsp3) is 0.619. The number of likely N-dealkylation sites (N-methyl/N-ethyl adjacent to an activating group) is 1. The molecule has 3 heterocycles. The van der Waals surface area contributed by atoms with Crippen molar-refractivity contribution in [3.05, 3.63) is 35.9 Å². The van der Waals surface area contributed by atoms with Gasteiger partial charge in [-0.2, -0.15) is 0 Å². The molecule has 0 aliphatic carbocycles. The molecule has 3 aliphatic heterocycles. The van der Waals surface area contributed by atoms with Crippen LogP contribution in [-0.4, -0.2) is 96.6 Å². The summed E-state index contributed by atoms with van der Waals surface area (Å²) in [6.07, 6.45) is 2.42. The molecule has 7 heteroatoms. The third-order valence-electron chi connectivity index (χ3n) is 6.45. The van der Waals surface area contributed by atoms with Crippen LogP contribution in [0.25, 0.3) is 0 Å². The van der Waals surface area contributed by atoms with Gasteiger partial charge >= 0.3 is 6.03 Å². The van der Waals surface area contributed by atoms with E-state index in [9.17, 15) is 9.59 Å². The van der Waals surface area contributed by atoms with E-state index >= 15 is 0 Å². The number of hydrogen-bond acceptors (Lipinski definition) is 5. The highest BCUT2D eigenvalue weighted by Crippen LogP contribution is 2.29. The number of amides is 3. The number of carbonyl (C=O) groups excluding carboxylic acids is 2. The highest BCUT2D eigenvalue weighted by Gasteiger charge is 2.52. The second-order valence-corrected chi connectivity index (χ2v) is 8.39. The van der Waals surface area contributed by atoms with Gasteiger partial charge in [0.15, 0.2) is 0 Å². The Morgan fingerprint density at radius 2 is 1.61 bits per heavy atom. The van der Waals surface area contributed by atoms with Gasteiger partial charge in [0.25, 0.3) is 5.91 Å². The van der Waals surface area contributed by atoms with Crippen molar-refractivity contribution < 1.29 is 9.59 Å². The first-order valence-electron chi connectivity index (χ1n) is 10.4. The van der Waals surface area contributed by atoms with Crippen LogP contribution >= 0.6 is 0 Å². The number of nitrogens with one attached hydrogen (secondary N) is 1. The highest BCUT2D eigenvalue weighted by atomic mass is 16.2. The fourth-order valence-corrected chi connectivity index (χ4v) is 4.42. The molecule has 1 aromatic rings. The Kier molecular flexibility index (Phi) is 5.66. The molecule has 152 valence electrons. The van der Waals surface area contributed by atoms with Crippen LogP contribution in [-0.2, 0) is 11.2 Å². The number of hydrogen-bond donors (Lipinski definition) is 1. The molecule has 3 fully saturated rings. The lowest BCUT2D eigenvalue weighted by atomic mass is 9.87. The van der Waals surface area contributed by atoms with Crippen LogP contribution in [0.3, 0.4) is 0 Å². The number of likely N-dealkylation sites (tertiary alicyclic amines) is 1. The van der Waals surface area contributed by atoms with Crippen molar-refractivity contribution in [2.45, 2.75) is 24.8 Å². The molecular weight excluding hydrogens is 354 g/mol. The van der Waals surface area contributed by atoms with E-state index in [0.29, 0.717) is 19.5 Å². The van der Waals surface area contributed by atoms with Crippen molar-refractivity contribution in [2.24, 2.45) is 0 Å². The molecule has 3 aliphatic rings. The van der Waals surface area contributed by atoms with Crippen molar-refractivity contribution in [1.82, 2.24) is 24.9 Å². The zero-order chi connectivity index (χ0) is 19.6. The second kappa shape index (κ2) is 8.19. The van der Waals surface area contributed by atoms with Crippen LogP contribution in [0.4, 0.5) is 4.79 Å². The Morgan fingerprint density at radius 3 is 2.29 bits per heavy atom. The van der Waals surface area contributed by atoms with E-state index in [4.69, 9.17) is 0 Å². The third-order valence-corrected chi connectivity index (χ3v) is 6.45. The van der Waals surface area contributed by atoms with Crippen LogP contribution in [0.15, 0.2) is 30.3 Å². The van der Waals surface area contributed by atoms with Gasteiger partial charge in [0.1, 0.15) is 5.54 Å². The lowest BCUT2D eigenvalue weighted by molar-refractivity contribution is -0.134. The molecule has 1 N–H and O–H groups in total. The minimum atomic E-state index is -0.688. The Balaban J connectivity index is 1.30. The molecule has 0 unspecified atom stereocenters. The average Bonchev–Trinajstić information content (AvgIpc) is 2.94. The second-order valence-electron chi connectivity index (χ2n) is 8.39. The fourth-order valence-electron chi connectivity index (χ4n) is 4.42. The molecule has 7 nitrogen and oxygen atoms in total. The predicted octanol–water partition coefficient (Wildman–Crippen LogP) is 0.820. The SMILES string of the molecule is CN1CCN(CN2C(=O)NC3(CCN(CCc4ccccc4)CC3)C2=O)CC1. The lowest BCUT2D eigenvalue weighted by Gasteiger charge is -2.38. The van der Waals surface area contributed by atoms with Gasteiger partial charge in [-0.05, 0) is 31.9 Å².